The van der Waals surface area contributed by atoms with Crippen molar-refractivity contribution in [3.63, 3.8) is 0 Å². The number of rotatable bonds is 9. The molecule has 14 nitrogen and oxygen atoms in total. The highest BCUT2D eigenvalue weighted by atomic mass is 32.2. The van der Waals surface area contributed by atoms with Crippen molar-refractivity contribution in [2.24, 2.45) is 5.41 Å². The summed E-state index contributed by atoms with van der Waals surface area (Å²) in [5.41, 5.74) is 2.04. The highest BCUT2D eigenvalue weighted by Crippen LogP contribution is 2.41. The molecule has 0 aliphatic rings. The molecular formula is C32H35N7O7S. The fourth-order valence-electron chi connectivity index (χ4n) is 4.80. The van der Waals surface area contributed by atoms with Crippen molar-refractivity contribution in [1.82, 2.24) is 29.0 Å². The number of methoxy groups -OCH3 is 2. The number of H-pyrrole nitrogens is 2. The summed E-state index contributed by atoms with van der Waals surface area (Å²) in [5.74, 6) is -0.604. The van der Waals surface area contributed by atoms with E-state index in [2.05, 4.69) is 25.4 Å². The molecule has 47 heavy (non-hydrogen) atoms. The zero-order valence-corrected chi connectivity index (χ0v) is 27.8. The molecule has 0 saturated carbocycles. The Labute approximate surface area is 270 Å². The van der Waals surface area contributed by atoms with Crippen LogP contribution in [0.25, 0.3) is 33.4 Å². The van der Waals surface area contributed by atoms with Crippen molar-refractivity contribution in [2.45, 2.75) is 32.2 Å². The highest BCUT2D eigenvalue weighted by molar-refractivity contribution is 7.89. The molecule has 5 rings (SSSR count). The molecule has 0 unspecified atom stereocenters. The number of hydrogen-bond acceptors (Lipinski definition) is 9. The van der Waals surface area contributed by atoms with Gasteiger partial charge in [0.1, 0.15) is 5.65 Å². The van der Waals surface area contributed by atoms with Gasteiger partial charge in [-0.3, -0.25) is 24.6 Å². The first kappa shape index (κ1) is 33.1. The lowest BCUT2D eigenvalue weighted by atomic mass is 9.96. The van der Waals surface area contributed by atoms with E-state index < -0.39 is 27.0 Å². The lowest BCUT2D eigenvalue weighted by molar-refractivity contribution is -0.123. The molecule has 0 saturated heterocycles. The van der Waals surface area contributed by atoms with Gasteiger partial charge in [-0.25, -0.2) is 17.5 Å². The van der Waals surface area contributed by atoms with E-state index in [9.17, 15) is 22.8 Å². The number of benzene rings is 2. The van der Waals surface area contributed by atoms with Gasteiger partial charge in [-0.2, -0.15) is 4.98 Å². The van der Waals surface area contributed by atoms with E-state index in [1.165, 1.54) is 40.4 Å². The number of anilines is 1. The van der Waals surface area contributed by atoms with Crippen LogP contribution in [0.15, 0.2) is 64.4 Å². The molecule has 15 heteroatoms. The van der Waals surface area contributed by atoms with Gasteiger partial charge in [-0.1, -0.05) is 45.0 Å². The standard InChI is InChI=1S/C32H35N7O7S/c1-32(2,3)30(42)36-31-34-26-24(27(40)35-31)23(25(33-26)19-12-14-21(15-13-19)47(43,44)38(4)5)22-17-39(37-28(22)45-6)16-18-8-10-20(11-9-18)29(41)46-7/h8-15,17H,16H2,1-7H3,(H3,33,34,35,36,40,42). The molecule has 0 aliphatic heterocycles. The fourth-order valence-corrected chi connectivity index (χ4v) is 5.71. The molecule has 1 amide bonds. The Morgan fingerprint density at radius 1 is 1.00 bits per heavy atom. The van der Waals surface area contributed by atoms with Crippen molar-refractivity contribution >= 4 is 38.9 Å². The van der Waals surface area contributed by atoms with Crippen molar-refractivity contribution in [1.29, 1.82) is 0 Å². The first-order chi connectivity index (χ1) is 22.1. The Kier molecular flexibility index (Phi) is 8.79. The summed E-state index contributed by atoms with van der Waals surface area (Å²) in [6.07, 6.45) is 1.72. The maximum Gasteiger partial charge on any atom is 0.337 e. The molecule has 3 N–H and O–H groups in total. The summed E-state index contributed by atoms with van der Waals surface area (Å²) in [6.45, 7) is 5.52. The van der Waals surface area contributed by atoms with Gasteiger partial charge < -0.3 is 14.5 Å². The predicted octanol–water partition coefficient (Wildman–Crippen LogP) is 3.86. The number of hydrogen-bond donors (Lipinski definition) is 3. The van der Waals surface area contributed by atoms with Crippen LogP contribution in [0.3, 0.4) is 0 Å². The zero-order valence-electron chi connectivity index (χ0n) is 27.0. The van der Waals surface area contributed by atoms with Crippen LogP contribution < -0.4 is 15.6 Å². The molecule has 5 aromatic rings. The van der Waals surface area contributed by atoms with Gasteiger partial charge in [-0.15, -0.1) is 5.10 Å². The van der Waals surface area contributed by atoms with Crippen LogP contribution in [-0.4, -0.2) is 77.6 Å². The number of nitrogens with one attached hydrogen (secondary N) is 3. The third kappa shape index (κ3) is 6.53. The molecule has 0 fully saturated rings. The largest absolute Gasteiger partial charge is 0.479 e. The van der Waals surface area contributed by atoms with Gasteiger partial charge in [-0.05, 0) is 35.4 Å². The summed E-state index contributed by atoms with van der Waals surface area (Å²) in [7, 11) is 1.98. The van der Waals surface area contributed by atoms with Crippen molar-refractivity contribution < 1.29 is 27.5 Å². The number of esters is 1. The molecule has 0 aliphatic carbocycles. The van der Waals surface area contributed by atoms with Gasteiger partial charge in [0.25, 0.3) is 5.56 Å². The van der Waals surface area contributed by atoms with Crippen LogP contribution >= 0.6 is 0 Å². The molecule has 0 spiro atoms. The van der Waals surface area contributed by atoms with Gasteiger partial charge in [0.05, 0.1) is 47.9 Å². The minimum atomic E-state index is -3.69. The molecule has 3 heterocycles. The predicted molar refractivity (Wildman–Crippen MR) is 176 cm³/mol. The van der Waals surface area contributed by atoms with Gasteiger partial charge in [0.2, 0.25) is 27.8 Å². The smallest absolute Gasteiger partial charge is 0.337 e. The molecular weight excluding hydrogens is 626 g/mol. The van der Waals surface area contributed by atoms with Crippen molar-refractivity contribution in [2.75, 3.05) is 33.6 Å². The second kappa shape index (κ2) is 12.5. The third-order valence-corrected chi connectivity index (χ3v) is 9.24. The number of amides is 1. The van der Waals surface area contributed by atoms with Gasteiger partial charge in [0, 0.05) is 31.3 Å². The SMILES string of the molecule is COC(=O)c1ccc(Cn2cc(-c3c(-c4ccc(S(=O)(=O)N(C)C)cc4)[nH]c4nc(NC(=O)C(C)(C)C)[nH]c(=O)c34)c(OC)n2)cc1. The van der Waals surface area contributed by atoms with E-state index in [4.69, 9.17) is 9.47 Å². The van der Waals surface area contributed by atoms with Crippen LogP contribution in [0.4, 0.5) is 5.95 Å². The first-order valence-electron chi connectivity index (χ1n) is 14.4. The van der Waals surface area contributed by atoms with Crippen LogP contribution in [0.1, 0.15) is 36.7 Å². The van der Waals surface area contributed by atoms with E-state index >= 15 is 0 Å². The lowest BCUT2D eigenvalue weighted by Gasteiger charge is -2.16. The average molecular weight is 662 g/mol. The number of nitrogens with zero attached hydrogens (tertiary/aromatic N) is 4. The topological polar surface area (TPSA) is 181 Å². The van der Waals surface area contributed by atoms with Crippen LogP contribution in [-0.2, 0) is 26.1 Å². The summed E-state index contributed by atoms with van der Waals surface area (Å²) >= 11 is 0. The van der Waals surface area contributed by atoms with Gasteiger partial charge in [0.15, 0.2) is 0 Å². The van der Waals surface area contributed by atoms with Crippen LogP contribution in [0.5, 0.6) is 5.88 Å². The number of aromatic nitrogens is 5. The van der Waals surface area contributed by atoms with Crippen molar-refractivity contribution in [3.8, 4) is 28.3 Å². The quantitative estimate of drug-likeness (QED) is 0.198. The minimum Gasteiger partial charge on any atom is -0.479 e. The van der Waals surface area contributed by atoms with Crippen LogP contribution in [0.2, 0.25) is 0 Å². The molecule has 3 aromatic heterocycles. The number of carbonyl (C=O) groups excluding carboxylic acids is 2. The number of aromatic amines is 2. The number of ether oxygens (including phenoxy) is 2. The number of sulfonamides is 1. The molecule has 0 radical (unpaired) electrons. The lowest BCUT2D eigenvalue weighted by Crippen LogP contribution is -2.29. The van der Waals surface area contributed by atoms with Crippen LogP contribution in [0, 0.1) is 5.41 Å². The molecule has 246 valence electrons. The third-order valence-electron chi connectivity index (χ3n) is 7.41. The van der Waals surface area contributed by atoms with Gasteiger partial charge >= 0.3 is 5.97 Å². The first-order valence-corrected chi connectivity index (χ1v) is 15.9. The normalized spacial score (nSPS) is 12.0. The Morgan fingerprint density at radius 3 is 2.23 bits per heavy atom. The second-order valence-electron chi connectivity index (χ2n) is 12.0. The van der Waals surface area contributed by atoms with E-state index in [0.29, 0.717) is 34.5 Å². The second-order valence-corrected chi connectivity index (χ2v) is 14.1. The average Bonchev–Trinajstić information content (AvgIpc) is 3.61. The Bertz CT molecular complexity index is 2140. The molecule has 2 aromatic carbocycles. The fraction of sp³-hybridized carbons (Fsp3) is 0.281. The molecule has 0 bridgehead atoms. The summed E-state index contributed by atoms with van der Waals surface area (Å²) in [4.78, 5) is 48.7. The summed E-state index contributed by atoms with van der Waals surface area (Å²) in [5, 5.41) is 7.43. The number of fused-ring (bicyclic) bond motifs is 1. The highest BCUT2D eigenvalue weighted by Gasteiger charge is 2.27. The summed E-state index contributed by atoms with van der Waals surface area (Å²) in [6, 6.07) is 13.1. The van der Waals surface area contributed by atoms with E-state index in [1.807, 2.05) is 0 Å². The maximum atomic E-state index is 13.7. The van der Waals surface area contributed by atoms with E-state index in [-0.39, 0.29) is 33.7 Å². The Morgan fingerprint density at radius 2 is 1.66 bits per heavy atom. The minimum absolute atomic E-state index is 0.0349. The van der Waals surface area contributed by atoms with E-state index in [1.54, 1.807) is 68.0 Å². The monoisotopic (exact) mass is 661 g/mol. The maximum absolute atomic E-state index is 13.7. The number of carbonyl (C=O) groups is 2. The van der Waals surface area contributed by atoms with Crippen molar-refractivity contribution in [3.05, 3.63) is 76.2 Å². The Hall–Kier alpha value is -5.28. The Balaban J connectivity index is 1.66. The molecule has 0 atom stereocenters. The summed E-state index contributed by atoms with van der Waals surface area (Å²) < 4.78 is 38.6. The zero-order chi connectivity index (χ0) is 34.3. The van der Waals surface area contributed by atoms with E-state index in [0.717, 1.165) is 9.87 Å².